The Bertz CT molecular complexity index is 413. The maximum atomic E-state index is 13.0. The van der Waals surface area contributed by atoms with Crippen molar-refractivity contribution in [2.75, 3.05) is 5.73 Å². The van der Waals surface area contributed by atoms with Crippen LogP contribution in [-0.2, 0) is 0 Å². The molecule has 66 valence electrons. The number of rotatable bonds is 1. The average Bonchev–Trinajstić information content (AvgIpc) is 2.62. The SMILES string of the molecule is Nc1c(F)cccc1-c1ncno1. The third-order valence-corrected chi connectivity index (χ3v) is 1.64. The van der Waals surface area contributed by atoms with E-state index in [0.29, 0.717) is 5.56 Å². The van der Waals surface area contributed by atoms with Crippen LogP contribution in [0.25, 0.3) is 11.5 Å². The molecule has 0 saturated heterocycles. The summed E-state index contributed by atoms with van der Waals surface area (Å²) in [4.78, 5) is 3.76. The minimum absolute atomic E-state index is 0.0201. The van der Waals surface area contributed by atoms with Gasteiger partial charge in [0.05, 0.1) is 11.3 Å². The van der Waals surface area contributed by atoms with Crippen molar-refractivity contribution in [3.8, 4) is 11.5 Å². The lowest BCUT2D eigenvalue weighted by molar-refractivity contribution is 0.430. The van der Waals surface area contributed by atoms with Crippen LogP contribution in [0, 0.1) is 5.82 Å². The fraction of sp³-hybridized carbons (Fsp3) is 0. The molecule has 1 heterocycles. The molecule has 0 spiro atoms. The smallest absolute Gasteiger partial charge is 0.259 e. The lowest BCUT2D eigenvalue weighted by Gasteiger charge is -2.00. The zero-order valence-electron chi connectivity index (χ0n) is 6.57. The van der Waals surface area contributed by atoms with Crippen LogP contribution in [0.3, 0.4) is 0 Å². The quantitative estimate of drug-likeness (QED) is 0.673. The molecule has 0 amide bonds. The molecule has 2 rings (SSSR count). The topological polar surface area (TPSA) is 64.9 Å². The van der Waals surface area contributed by atoms with E-state index in [2.05, 4.69) is 10.1 Å². The average molecular weight is 179 g/mol. The van der Waals surface area contributed by atoms with E-state index in [1.807, 2.05) is 0 Å². The van der Waals surface area contributed by atoms with Gasteiger partial charge < -0.3 is 10.3 Å². The van der Waals surface area contributed by atoms with Crippen molar-refractivity contribution in [3.63, 3.8) is 0 Å². The summed E-state index contributed by atoms with van der Waals surface area (Å²) in [6.45, 7) is 0. The lowest BCUT2D eigenvalue weighted by atomic mass is 10.2. The van der Waals surface area contributed by atoms with Crippen LogP contribution in [0.4, 0.5) is 10.1 Å². The number of anilines is 1. The fourth-order valence-electron chi connectivity index (χ4n) is 1.02. The number of benzene rings is 1. The zero-order chi connectivity index (χ0) is 9.26. The number of hydrogen-bond donors (Lipinski definition) is 1. The van der Waals surface area contributed by atoms with Crippen molar-refractivity contribution >= 4 is 5.69 Å². The van der Waals surface area contributed by atoms with Gasteiger partial charge in [-0.25, -0.2) is 4.39 Å². The van der Waals surface area contributed by atoms with E-state index >= 15 is 0 Å². The van der Waals surface area contributed by atoms with Crippen LogP contribution in [0.1, 0.15) is 0 Å². The van der Waals surface area contributed by atoms with Gasteiger partial charge in [0.2, 0.25) is 0 Å². The third kappa shape index (κ3) is 1.24. The molecule has 0 aliphatic rings. The molecule has 2 aromatic rings. The Morgan fingerprint density at radius 1 is 1.38 bits per heavy atom. The van der Waals surface area contributed by atoms with Crippen molar-refractivity contribution in [2.24, 2.45) is 0 Å². The van der Waals surface area contributed by atoms with Crippen LogP contribution >= 0.6 is 0 Å². The first-order valence-electron chi connectivity index (χ1n) is 3.60. The van der Waals surface area contributed by atoms with Gasteiger partial charge in [-0.15, -0.1) is 0 Å². The van der Waals surface area contributed by atoms with E-state index in [1.54, 1.807) is 6.07 Å². The van der Waals surface area contributed by atoms with E-state index < -0.39 is 5.82 Å². The normalized spacial score (nSPS) is 10.2. The first kappa shape index (κ1) is 7.72. The van der Waals surface area contributed by atoms with Crippen LogP contribution < -0.4 is 5.73 Å². The van der Waals surface area contributed by atoms with Gasteiger partial charge in [0.1, 0.15) is 5.82 Å². The van der Waals surface area contributed by atoms with Gasteiger partial charge in [-0.1, -0.05) is 11.2 Å². The van der Waals surface area contributed by atoms with E-state index in [-0.39, 0.29) is 11.6 Å². The van der Waals surface area contributed by atoms with Gasteiger partial charge in [-0.2, -0.15) is 4.98 Å². The largest absolute Gasteiger partial charge is 0.396 e. The summed E-state index contributed by atoms with van der Waals surface area (Å²) >= 11 is 0. The number of nitrogens with zero attached hydrogens (tertiary/aromatic N) is 2. The second-order valence-electron chi connectivity index (χ2n) is 2.45. The summed E-state index contributed by atoms with van der Waals surface area (Å²) in [5.41, 5.74) is 5.91. The van der Waals surface area contributed by atoms with Crippen molar-refractivity contribution < 1.29 is 8.91 Å². The predicted molar refractivity (Wildman–Crippen MR) is 44.1 cm³/mol. The summed E-state index contributed by atoms with van der Waals surface area (Å²) in [7, 11) is 0. The molecule has 0 aliphatic heterocycles. The molecule has 2 N–H and O–H groups in total. The minimum atomic E-state index is -0.490. The number of nitrogens with two attached hydrogens (primary N) is 1. The van der Waals surface area contributed by atoms with Crippen molar-refractivity contribution in [1.29, 1.82) is 0 Å². The third-order valence-electron chi connectivity index (χ3n) is 1.64. The zero-order valence-corrected chi connectivity index (χ0v) is 6.57. The summed E-state index contributed by atoms with van der Waals surface area (Å²) < 4.78 is 17.7. The summed E-state index contributed by atoms with van der Waals surface area (Å²) in [6, 6.07) is 4.42. The molecule has 4 nitrogen and oxygen atoms in total. The lowest BCUT2D eigenvalue weighted by Crippen LogP contribution is -1.93. The molecular weight excluding hydrogens is 173 g/mol. The molecule has 1 aromatic heterocycles. The van der Waals surface area contributed by atoms with E-state index in [1.165, 1.54) is 18.5 Å². The highest BCUT2D eigenvalue weighted by molar-refractivity contribution is 5.70. The van der Waals surface area contributed by atoms with Crippen molar-refractivity contribution in [3.05, 3.63) is 30.3 Å². The fourth-order valence-corrected chi connectivity index (χ4v) is 1.02. The highest BCUT2D eigenvalue weighted by Gasteiger charge is 2.10. The molecule has 5 heteroatoms. The molecule has 0 atom stereocenters. The maximum Gasteiger partial charge on any atom is 0.259 e. The van der Waals surface area contributed by atoms with Crippen LogP contribution in [-0.4, -0.2) is 10.1 Å². The van der Waals surface area contributed by atoms with E-state index in [9.17, 15) is 4.39 Å². The van der Waals surface area contributed by atoms with Gasteiger partial charge in [0.15, 0.2) is 6.33 Å². The van der Waals surface area contributed by atoms with Crippen molar-refractivity contribution in [2.45, 2.75) is 0 Å². The highest BCUT2D eigenvalue weighted by atomic mass is 19.1. The molecule has 1 aromatic carbocycles. The first-order valence-corrected chi connectivity index (χ1v) is 3.60. The Kier molecular flexibility index (Phi) is 1.70. The molecule has 13 heavy (non-hydrogen) atoms. The van der Waals surface area contributed by atoms with Crippen LogP contribution in [0.15, 0.2) is 29.0 Å². The van der Waals surface area contributed by atoms with E-state index in [4.69, 9.17) is 10.3 Å². The Morgan fingerprint density at radius 3 is 2.92 bits per heavy atom. The van der Waals surface area contributed by atoms with E-state index in [0.717, 1.165) is 0 Å². The Balaban J connectivity index is 2.59. The highest BCUT2D eigenvalue weighted by Crippen LogP contribution is 2.25. The maximum absolute atomic E-state index is 13.0. The summed E-state index contributed by atoms with van der Waals surface area (Å²) in [6.07, 6.45) is 1.24. The predicted octanol–water partition coefficient (Wildman–Crippen LogP) is 1.46. The summed E-state index contributed by atoms with van der Waals surface area (Å²) in [5.74, 6) is -0.271. The molecule has 0 aliphatic carbocycles. The van der Waals surface area contributed by atoms with Gasteiger partial charge in [-0.05, 0) is 12.1 Å². The Labute approximate surface area is 73.2 Å². The molecule has 0 bridgehead atoms. The molecular formula is C8H6FN3O. The Hall–Kier alpha value is -1.91. The second-order valence-corrected chi connectivity index (χ2v) is 2.45. The van der Waals surface area contributed by atoms with Gasteiger partial charge in [0, 0.05) is 0 Å². The number of para-hydroxylation sites is 1. The van der Waals surface area contributed by atoms with Gasteiger partial charge >= 0.3 is 0 Å². The number of hydrogen-bond acceptors (Lipinski definition) is 4. The van der Waals surface area contributed by atoms with Crippen LogP contribution in [0.2, 0.25) is 0 Å². The Morgan fingerprint density at radius 2 is 2.23 bits per heavy atom. The van der Waals surface area contributed by atoms with Gasteiger partial charge in [0.25, 0.3) is 5.89 Å². The standard InChI is InChI=1S/C8H6FN3O/c9-6-3-1-2-5(7(6)10)8-11-4-12-13-8/h1-4H,10H2. The summed E-state index contributed by atoms with van der Waals surface area (Å²) in [5, 5.41) is 3.41. The first-order chi connectivity index (χ1) is 6.29. The molecule has 0 radical (unpaired) electrons. The monoisotopic (exact) mass is 179 g/mol. The van der Waals surface area contributed by atoms with Crippen LogP contribution in [0.5, 0.6) is 0 Å². The molecule has 0 unspecified atom stereocenters. The number of halogens is 1. The number of aromatic nitrogens is 2. The molecule has 0 saturated carbocycles. The second kappa shape index (κ2) is 2.85. The number of nitrogen functional groups attached to an aromatic ring is 1. The molecule has 0 fully saturated rings. The van der Waals surface area contributed by atoms with Gasteiger partial charge in [-0.3, -0.25) is 0 Å². The van der Waals surface area contributed by atoms with Crippen molar-refractivity contribution in [1.82, 2.24) is 10.1 Å². The minimum Gasteiger partial charge on any atom is -0.396 e.